The van der Waals surface area contributed by atoms with Crippen LogP contribution in [0, 0.1) is 12.3 Å². The first-order valence-corrected chi connectivity index (χ1v) is 13.8. The van der Waals surface area contributed by atoms with E-state index in [0.29, 0.717) is 16.7 Å². The quantitative estimate of drug-likeness (QED) is 0.257. The second-order valence-electron chi connectivity index (χ2n) is 10.9. The van der Waals surface area contributed by atoms with Gasteiger partial charge in [0, 0.05) is 24.6 Å². The van der Waals surface area contributed by atoms with Crippen LogP contribution in [0.2, 0.25) is 0 Å². The molecule has 0 aromatic heterocycles. The number of carbonyl (C=O) groups excluding carboxylic acids is 4. The Labute approximate surface area is 247 Å². The third-order valence-electron chi connectivity index (χ3n) is 6.03. The lowest BCUT2D eigenvalue weighted by molar-refractivity contribution is -0.145. The Kier molecular flexibility index (Phi) is 12.4. The summed E-state index contributed by atoms with van der Waals surface area (Å²) in [7, 11) is 0. The molecule has 0 heterocycles. The molecule has 3 N–H and O–H groups in total. The van der Waals surface area contributed by atoms with E-state index in [1.54, 1.807) is 77.9 Å². The number of ether oxygens (including phenoxy) is 2. The van der Waals surface area contributed by atoms with Crippen molar-refractivity contribution in [1.82, 2.24) is 15.5 Å². The molecule has 2 atom stereocenters. The highest BCUT2D eigenvalue weighted by Gasteiger charge is 2.38. The predicted molar refractivity (Wildman–Crippen MR) is 158 cm³/mol. The summed E-state index contributed by atoms with van der Waals surface area (Å²) in [5, 5.41) is 15.1. The van der Waals surface area contributed by atoms with Crippen molar-refractivity contribution in [3.63, 3.8) is 0 Å². The van der Waals surface area contributed by atoms with Crippen LogP contribution in [-0.2, 0) is 30.3 Å². The van der Waals surface area contributed by atoms with E-state index in [2.05, 4.69) is 16.6 Å². The molecule has 2 unspecified atom stereocenters. The van der Waals surface area contributed by atoms with E-state index >= 15 is 0 Å². The lowest BCUT2D eigenvalue weighted by atomic mass is 9.98. The highest BCUT2D eigenvalue weighted by atomic mass is 16.6. The molecular weight excluding hydrogens is 538 g/mol. The molecule has 0 aliphatic carbocycles. The van der Waals surface area contributed by atoms with Crippen molar-refractivity contribution >= 4 is 23.9 Å². The number of hydrogen-bond acceptors (Lipinski definition) is 7. The van der Waals surface area contributed by atoms with Crippen LogP contribution >= 0.6 is 0 Å². The molecule has 0 radical (unpaired) electrons. The first-order valence-electron chi connectivity index (χ1n) is 13.8. The Morgan fingerprint density at radius 2 is 1.64 bits per heavy atom. The number of rotatable bonds is 12. The zero-order valence-corrected chi connectivity index (χ0v) is 25.1. The molecule has 2 aromatic carbocycles. The number of benzene rings is 2. The Morgan fingerprint density at radius 1 is 1.02 bits per heavy atom. The van der Waals surface area contributed by atoms with Crippen molar-refractivity contribution in [3.05, 3.63) is 65.2 Å². The first-order chi connectivity index (χ1) is 19.7. The molecule has 0 bridgehead atoms. The second kappa shape index (κ2) is 15.5. The number of carbonyl (C=O) groups is 4. The Balaban J connectivity index is 2.50. The van der Waals surface area contributed by atoms with Crippen molar-refractivity contribution in [2.75, 3.05) is 13.2 Å². The van der Waals surface area contributed by atoms with Crippen molar-refractivity contribution in [2.45, 2.75) is 78.1 Å². The molecule has 0 spiro atoms. The fraction of sp³-hybridized carbons (Fsp3) is 0.438. The second-order valence-corrected chi connectivity index (χ2v) is 10.9. The number of amides is 3. The third-order valence-corrected chi connectivity index (χ3v) is 6.03. The minimum atomic E-state index is -1.12. The van der Waals surface area contributed by atoms with E-state index in [4.69, 9.17) is 15.9 Å². The minimum absolute atomic E-state index is 0.00380. The van der Waals surface area contributed by atoms with Gasteiger partial charge in [-0.3, -0.25) is 14.4 Å². The van der Waals surface area contributed by atoms with Gasteiger partial charge in [-0.1, -0.05) is 30.2 Å². The van der Waals surface area contributed by atoms with Crippen LogP contribution in [0.25, 0.3) is 0 Å². The van der Waals surface area contributed by atoms with Gasteiger partial charge in [-0.2, -0.15) is 0 Å². The summed E-state index contributed by atoms with van der Waals surface area (Å²) in [6.07, 6.45) is 4.75. The van der Waals surface area contributed by atoms with Gasteiger partial charge in [-0.25, -0.2) is 4.79 Å². The average Bonchev–Trinajstić information content (AvgIpc) is 2.91. The fourth-order valence-corrected chi connectivity index (χ4v) is 4.19. The fourth-order valence-electron chi connectivity index (χ4n) is 4.19. The van der Waals surface area contributed by atoms with Gasteiger partial charge in [0.25, 0.3) is 0 Å². The molecule has 42 heavy (non-hydrogen) atoms. The molecule has 10 heteroatoms. The molecule has 0 saturated heterocycles. The maximum Gasteiger partial charge on any atom is 0.408 e. The van der Waals surface area contributed by atoms with Gasteiger partial charge >= 0.3 is 12.1 Å². The van der Waals surface area contributed by atoms with E-state index in [9.17, 15) is 24.3 Å². The van der Waals surface area contributed by atoms with Crippen LogP contribution < -0.4 is 10.6 Å². The molecule has 10 nitrogen and oxygen atoms in total. The van der Waals surface area contributed by atoms with E-state index < -0.39 is 47.6 Å². The number of phenols is 1. The number of aromatic hydroxyl groups is 1. The topological polar surface area (TPSA) is 134 Å². The predicted octanol–water partition coefficient (Wildman–Crippen LogP) is 3.86. The van der Waals surface area contributed by atoms with E-state index in [1.165, 1.54) is 17.0 Å². The summed E-state index contributed by atoms with van der Waals surface area (Å²) in [6, 6.07) is 10.2. The highest BCUT2D eigenvalue weighted by molar-refractivity contribution is 5.92. The van der Waals surface area contributed by atoms with E-state index in [1.807, 2.05) is 0 Å². The Hall–Kier alpha value is -4.52. The van der Waals surface area contributed by atoms with Crippen molar-refractivity contribution in [2.24, 2.45) is 0 Å². The van der Waals surface area contributed by atoms with Gasteiger partial charge in [0.2, 0.25) is 11.8 Å². The minimum Gasteiger partial charge on any atom is -0.508 e. The van der Waals surface area contributed by atoms with Gasteiger partial charge in [-0.15, -0.1) is 6.42 Å². The van der Waals surface area contributed by atoms with E-state index in [-0.39, 0.29) is 31.7 Å². The average molecular weight is 580 g/mol. The normalized spacial score (nSPS) is 12.4. The largest absolute Gasteiger partial charge is 0.508 e. The highest BCUT2D eigenvalue weighted by Crippen LogP contribution is 2.26. The van der Waals surface area contributed by atoms with Crippen LogP contribution in [0.3, 0.4) is 0 Å². The summed E-state index contributed by atoms with van der Waals surface area (Å²) in [6.45, 7) is 10.6. The van der Waals surface area contributed by atoms with E-state index in [0.717, 1.165) is 0 Å². The monoisotopic (exact) mass is 579 g/mol. The summed E-state index contributed by atoms with van der Waals surface area (Å²) < 4.78 is 10.4. The SMILES string of the molecule is C#Cc1ccc(C(C(=O)NCCC(=O)OCC)N(C(=O)C(Cc2ccc(O)cc2)NC(=O)OC(C)(C)C)C(C)C)cc1. The number of hydrogen-bond donors (Lipinski definition) is 3. The van der Waals surface area contributed by atoms with Crippen molar-refractivity contribution < 1.29 is 33.8 Å². The smallest absolute Gasteiger partial charge is 0.408 e. The van der Waals surface area contributed by atoms with Crippen LogP contribution in [0.15, 0.2) is 48.5 Å². The zero-order chi connectivity index (χ0) is 31.4. The van der Waals surface area contributed by atoms with Gasteiger partial charge in [0.1, 0.15) is 23.4 Å². The lowest BCUT2D eigenvalue weighted by Crippen LogP contribution is -2.55. The number of nitrogens with one attached hydrogen (secondary N) is 2. The van der Waals surface area contributed by atoms with Crippen LogP contribution in [0.4, 0.5) is 4.79 Å². The summed E-state index contributed by atoms with van der Waals surface area (Å²) in [5.74, 6) is 1.08. The third kappa shape index (κ3) is 10.5. The number of esters is 1. The maximum absolute atomic E-state index is 14.3. The Morgan fingerprint density at radius 3 is 2.17 bits per heavy atom. The molecule has 3 amide bonds. The van der Waals surface area contributed by atoms with Crippen molar-refractivity contribution in [3.8, 4) is 18.1 Å². The van der Waals surface area contributed by atoms with Crippen LogP contribution in [0.5, 0.6) is 5.75 Å². The zero-order valence-electron chi connectivity index (χ0n) is 25.1. The van der Waals surface area contributed by atoms with Crippen LogP contribution in [0.1, 0.15) is 70.7 Å². The summed E-state index contributed by atoms with van der Waals surface area (Å²) in [5.41, 5.74) is 0.943. The standard InChI is InChI=1S/C32H41N3O7/c1-8-22-10-14-24(15-11-22)28(29(38)33-19-18-27(37)41-9-2)35(21(3)4)30(39)26(34-31(40)42-32(5,6)7)20-23-12-16-25(36)17-13-23/h1,10-17,21,26,28,36H,9,18-20H2,2-7H3,(H,33,38)(H,34,40). The molecule has 2 aromatic rings. The summed E-state index contributed by atoms with van der Waals surface area (Å²) in [4.78, 5) is 54.0. The molecule has 0 aliphatic rings. The Bertz CT molecular complexity index is 1260. The molecule has 226 valence electrons. The van der Waals surface area contributed by atoms with Crippen molar-refractivity contribution in [1.29, 1.82) is 0 Å². The maximum atomic E-state index is 14.3. The summed E-state index contributed by atoms with van der Waals surface area (Å²) >= 11 is 0. The van der Waals surface area contributed by atoms with Crippen LogP contribution in [-0.4, -0.2) is 64.7 Å². The number of terminal acetylenes is 1. The van der Waals surface area contributed by atoms with Gasteiger partial charge in [-0.05, 0) is 76.9 Å². The van der Waals surface area contributed by atoms with Gasteiger partial charge in [0.05, 0.1) is 13.0 Å². The van der Waals surface area contributed by atoms with Gasteiger partial charge in [0.15, 0.2) is 0 Å². The molecule has 0 fully saturated rings. The number of nitrogens with zero attached hydrogens (tertiary/aromatic N) is 1. The lowest BCUT2D eigenvalue weighted by Gasteiger charge is -2.37. The molecule has 0 saturated carbocycles. The first kappa shape index (κ1) is 33.7. The van der Waals surface area contributed by atoms with Gasteiger partial charge < -0.3 is 30.1 Å². The molecule has 0 aliphatic heterocycles. The number of alkyl carbamates (subject to hydrolysis) is 1. The molecular formula is C32H41N3O7. The number of phenolic OH excluding ortho intramolecular Hbond substituents is 1. The molecule has 2 rings (SSSR count).